The Kier molecular flexibility index (Phi) is 7.89. The summed E-state index contributed by atoms with van der Waals surface area (Å²) in [5, 5.41) is 10.9. The van der Waals surface area contributed by atoms with Crippen molar-refractivity contribution in [2.75, 3.05) is 18.0 Å². The number of aromatic nitrogens is 3. The molecule has 2 aromatic carbocycles. The molecule has 0 radical (unpaired) electrons. The average molecular weight is 579 g/mol. The fourth-order valence-corrected chi connectivity index (χ4v) is 5.98. The Morgan fingerprint density at radius 1 is 1.12 bits per heavy atom. The van der Waals surface area contributed by atoms with Crippen LogP contribution in [-0.4, -0.2) is 50.5 Å². The molecule has 0 saturated carbocycles. The predicted molar refractivity (Wildman–Crippen MR) is 167 cm³/mol. The van der Waals surface area contributed by atoms with Crippen molar-refractivity contribution in [3.8, 4) is 22.9 Å². The van der Waals surface area contributed by atoms with E-state index in [0.29, 0.717) is 41.1 Å². The first kappa shape index (κ1) is 29.6. The molecule has 0 N–H and O–H groups in total. The highest BCUT2D eigenvalue weighted by molar-refractivity contribution is 5.96. The normalized spacial score (nSPS) is 16.9. The molecule has 5 rings (SSSR count). The van der Waals surface area contributed by atoms with Crippen LogP contribution in [0.25, 0.3) is 27.7 Å². The summed E-state index contributed by atoms with van der Waals surface area (Å²) >= 11 is 0. The fourth-order valence-electron chi connectivity index (χ4n) is 5.98. The summed E-state index contributed by atoms with van der Waals surface area (Å²) in [6, 6.07) is 11.9. The number of nitriles is 1. The zero-order valence-corrected chi connectivity index (χ0v) is 25.3. The van der Waals surface area contributed by atoms with Gasteiger partial charge in [0.1, 0.15) is 11.6 Å². The summed E-state index contributed by atoms with van der Waals surface area (Å²) in [6.07, 6.45) is 3.03. The number of fused-ring (bicyclic) bond motifs is 1. The van der Waals surface area contributed by atoms with Crippen LogP contribution in [0.2, 0.25) is 0 Å². The molecule has 1 aliphatic heterocycles. The number of pyridine rings is 1. The van der Waals surface area contributed by atoms with Crippen LogP contribution in [0.5, 0.6) is 0 Å². The summed E-state index contributed by atoms with van der Waals surface area (Å²) in [5.41, 5.74) is 3.93. The quantitative estimate of drug-likeness (QED) is 0.278. The molecule has 9 heteroatoms. The minimum Gasteiger partial charge on any atom is -0.349 e. The third-order valence-electron chi connectivity index (χ3n) is 8.18. The van der Waals surface area contributed by atoms with Gasteiger partial charge in [-0.1, -0.05) is 32.1 Å². The van der Waals surface area contributed by atoms with Gasteiger partial charge in [-0.3, -0.25) is 14.3 Å². The van der Waals surface area contributed by atoms with Crippen LogP contribution in [-0.2, 0) is 4.79 Å². The van der Waals surface area contributed by atoms with Crippen LogP contribution < -0.4 is 10.6 Å². The van der Waals surface area contributed by atoms with E-state index in [9.17, 15) is 14.9 Å². The largest absolute Gasteiger partial charge is 0.354 e. The molecule has 1 fully saturated rings. The lowest BCUT2D eigenvalue weighted by atomic mass is 9.95. The molecular weight excluding hydrogens is 543 g/mol. The predicted octanol–water partition coefficient (Wildman–Crippen LogP) is 5.81. The molecule has 4 aromatic rings. The summed E-state index contributed by atoms with van der Waals surface area (Å²) in [4.78, 5) is 39.7. The first-order valence-electron chi connectivity index (χ1n) is 14.4. The van der Waals surface area contributed by atoms with E-state index in [2.05, 4.69) is 22.6 Å². The number of carbonyl (C=O) groups is 1. The SMILES string of the molecule is C=CC(=O)N1C[C@H](C)N(c2nc(=O)n(-c3c(C)ccnc3C(C)C)c3cc(-c4cc(C)ccc4F)c(C#N)cc23)C[C@H]1C. The molecule has 0 bridgehead atoms. The summed E-state index contributed by atoms with van der Waals surface area (Å²) in [5.74, 6) is -0.200. The van der Waals surface area contributed by atoms with Crippen LogP contribution >= 0.6 is 0 Å². The number of hydrogen-bond donors (Lipinski definition) is 0. The van der Waals surface area contributed by atoms with E-state index < -0.39 is 11.5 Å². The zero-order chi connectivity index (χ0) is 31.2. The van der Waals surface area contributed by atoms with Crippen LogP contribution in [0.15, 0.2) is 60.0 Å². The Morgan fingerprint density at radius 3 is 2.53 bits per heavy atom. The van der Waals surface area contributed by atoms with Gasteiger partial charge in [0.05, 0.1) is 28.5 Å². The van der Waals surface area contributed by atoms with Crippen molar-refractivity contribution in [3.63, 3.8) is 0 Å². The van der Waals surface area contributed by atoms with Crippen LogP contribution in [0.1, 0.15) is 56.0 Å². The standard InChI is InChI=1S/C34H35FN6O2/c1-8-30(42)39-17-23(7)40(18-22(39)6)33-27-14-24(16-36)25(26-13-20(4)9-10-28(26)35)15-29(27)41(34(43)38-33)32-21(5)11-12-37-31(32)19(2)3/h8-15,19,22-23H,1,17-18H2,2-7H3/t22-,23+/m1/s1. The van der Waals surface area contributed by atoms with E-state index >= 15 is 4.39 Å². The summed E-state index contributed by atoms with van der Waals surface area (Å²) < 4.78 is 16.8. The van der Waals surface area contributed by atoms with E-state index in [-0.39, 0.29) is 35.0 Å². The third kappa shape index (κ3) is 5.18. The van der Waals surface area contributed by atoms with Crippen molar-refractivity contribution in [2.45, 2.75) is 59.5 Å². The minimum absolute atomic E-state index is 0.0000533. The van der Waals surface area contributed by atoms with Crippen molar-refractivity contribution < 1.29 is 9.18 Å². The maximum Gasteiger partial charge on any atom is 0.354 e. The first-order valence-corrected chi connectivity index (χ1v) is 14.4. The summed E-state index contributed by atoms with van der Waals surface area (Å²) in [7, 11) is 0. The van der Waals surface area contributed by atoms with Crippen LogP contribution in [0.4, 0.5) is 10.2 Å². The van der Waals surface area contributed by atoms with Gasteiger partial charge in [-0.15, -0.1) is 0 Å². The molecule has 0 spiro atoms. The van der Waals surface area contributed by atoms with E-state index in [0.717, 1.165) is 16.8 Å². The molecule has 0 unspecified atom stereocenters. The van der Waals surface area contributed by atoms with Crippen molar-refractivity contribution in [1.29, 1.82) is 5.26 Å². The number of benzene rings is 2. The highest BCUT2D eigenvalue weighted by atomic mass is 19.1. The zero-order valence-electron chi connectivity index (χ0n) is 25.3. The Labute approximate surface area is 250 Å². The second kappa shape index (κ2) is 11.4. The van der Waals surface area contributed by atoms with Gasteiger partial charge >= 0.3 is 5.69 Å². The van der Waals surface area contributed by atoms with Gasteiger partial charge in [0.2, 0.25) is 5.91 Å². The number of amides is 1. The maximum atomic E-state index is 15.3. The molecule has 0 aliphatic carbocycles. The van der Waals surface area contributed by atoms with Crippen molar-refractivity contribution in [3.05, 3.63) is 93.9 Å². The molecule has 8 nitrogen and oxygen atoms in total. The third-order valence-corrected chi connectivity index (χ3v) is 8.18. The lowest BCUT2D eigenvalue weighted by Crippen LogP contribution is -2.58. The van der Waals surface area contributed by atoms with Gasteiger partial charge in [-0.25, -0.2) is 9.18 Å². The fraction of sp³-hybridized carbons (Fsp3) is 0.324. The molecule has 1 aliphatic rings. The number of aryl methyl sites for hydroxylation is 2. The van der Waals surface area contributed by atoms with E-state index in [1.54, 1.807) is 39.9 Å². The molecule has 1 amide bonds. The van der Waals surface area contributed by atoms with Gasteiger partial charge < -0.3 is 9.80 Å². The van der Waals surface area contributed by atoms with Crippen LogP contribution in [0.3, 0.4) is 0 Å². The number of carbonyl (C=O) groups excluding carboxylic acids is 1. The average Bonchev–Trinajstić information content (AvgIpc) is 2.98. The van der Waals surface area contributed by atoms with Crippen molar-refractivity contribution in [1.82, 2.24) is 19.4 Å². The Bertz CT molecular complexity index is 1870. The molecular formula is C34H35FN6O2. The molecule has 220 valence electrons. The monoisotopic (exact) mass is 578 g/mol. The minimum atomic E-state index is -0.509. The topological polar surface area (TPSA) is 95.1 Å². The van der Waals surface area contributed by atoms with E-state index in [4.69, 9.17) is 0 Å². The van der Waals surface area contributed by atoms with Gasteiger partial charge in [0.25, 0.3) is 0 Å². The number of hydrogen-bond acceptors (Lipinski definition) is 6. The molecule has 2 aromatic heterocycles. The number of anilines is 1. The first-order chi connectivity index (χ1) is 20.5. The van der Waals surface area contributed by atoms with Gasteiger partial charge in [0, 0.05) is 47.9 Å². The van der Waals surface area contributed by atoms with E-state index in [1.807, 2.05) is 52.5 Å². The molecule has 3 heterocycles. The Balaban J connectivity index is 1.87. The van der Waals surface area contributed by atoms with Gasteiger partial charge in [-0.05, 0) is 75.6 Å². The van der Waals surface area contributed by atoms with Gasteiger partial charge in [-0.2, -0.15) is 10.2 Å². The highest BCUT2D eigenvalue weighted by Crippen LogP contribution is 2.37. The van der Waals surface area contributed by atoms with Crippen molar-refractivity contribution in [2.24, 2.45) is 0 Å². The van der Waals surface area contributed by atoms with E-state index in [1.165, 1.54) is 12.1 Å². The lowest BCUT2D eigenvalue weighted by molar-refractivity contribution is -0.128. The highest BCUT2D eigenvalue weighted by Gasteiger charge is 2.34. The number of halogens is 1. The Morgan fingerprint density at radius 2 is 1.86 bits per heavy atom. The maximum absolute atomic E-state index is 15.3. The van der Waals surface area contributed by atoms with Crippen molar-refractivity contribution >= 4 is 22.6 Å². The van der Waals surface area contributed by atoms with Gasteiger partial charge in [0.15, 0.2) is 0 Å². The molecule has 2 atom stereocenters. The number of nitrogens with zero attached hydrogens (tertiary/aromatic N) is 6. The lowest BCUT2D eigenvalue weighted by Gasteiger charge is -2.44. The smallest absolute Gasteiger partial charge is 0.349 e. The molecule has 1 saturated heterocycles. The second-order valence-corrected chi connectivity index (χ2v) is 11.6. The van der Waals surface area contributed by atoms with Crippen LogP contribution in [0, 0.1) is 31.0 Å². The Hall–Kier alpha value is -4.84. The molecule has 43 heavy (non-hydrogen) atoms. The number of rotatable bonds is 5. The summed E-state index contributed by atoms with van der Waals surface area (Å²) in [6.45, 7) is 16.2. The second-order valence-electron chi connectivity index (χ2n) is 11.6. The number of piperazine rings is 1.